The summed E-state index contributed by atoms with van der Waals surface area (Å²) in [6.45, 7) is 31.4. The Morgan fingerprint density at radius 2 is 0.881 bits per heavy atom. The lowest BCUT2D eigenvalue weighted by Gasteiger charge is -2.07. The predicted octanol–water partition coefficient (Wildman–Crippen LogP) is 7.29. The maximum absolute atomic E-state index is 5.63. The van der Waals surface area contributed by atoms with E-state index in [1.807, 2.05) is 13.8 Å². The van der Waals surface area contributed by atoms with Crippen LogP contribution in [0.15, 0.2) is 87.0 Å². The molecule has 0 saturated carbocycles. The molecule has 240 valence electrons. The molecule has 0 aliphatic carbocycles. The van der Waals surface area contributed by atoms with Crippen molar-refractivity contribution < 1.29 is 33.2 Å². The second kappa shape index (κ2) is 36.7. The lowest BCUT2D eigenvalue weighted by molar-refractivity contribution is 0.0833. The fourth-order valence-electron chi connectivity index (χ4n) is 2.85. The third-order valence-corrected chi connectivity index (χ3v) is 4.79. The van der Waals surface area contributed by atoms with E-state index < -0.39 is 0 Å². The van der Waals surface area contributed by atoms with Gasteiger partial charge < -0.3 is 33.2 Å². The van der Waals surface area contributed by atoms with Crippen molar-refractivity contribution in [3.8, 4) is 0 Å². The molecule has 0 radical (unpaired) electrons. The Kier molecular flexibility index (Phi) is 36.5. The number of ether oxygens (including phenoxy) is 7. The SMILES string of the molecule is C=CCOCC.C=CCOCCCOCC(=C)C.C=CCOCCCOCc1ccc(COCCCOCC=C)cc1. The highest BCUT2D eigenvalue weighted by Crippen LogP contribution is 2.07. The highest BCUT2D eigenvalue weighted by Gasteiger charge is 1.97. The van der Waals surface area contributed by atoms with Crippen LogP contribution in [0.4, 0.5) is 0 Å². The fraction of sp³-hybridized carbons (Fsp3) is 0.543. The molecule has 0 spiro atoms. The van der Waals surface area contributed by atoms with Crippen molar-refractivity contribution in [1.29, 1.82) is 0 Å². The molecule has 7 heteroatoms. The lowest BCUT2D eigenvalue weighted by Crippen LogP contribution is -2.02. The molecule has 0 N–H and O–H groups in total. The Morgan fingerprint density at radius 3 is 1.19 bits per heavy atom. The Hall–Kier alpha value is -2.36. The van der Waals surface area contributed by atoms with Crippen LogP contribution < -0.4 is 0 Å². The van der Waals surface area contributed by atoms with E-state index in [9.17, 15) is 0 Å². The first-order valence-corrected chi connectivity index (χ1v) is 14.8. The molecule has 0 amide bonds. The molecule has 0 bridgehead atoms. The molecule has 0 aliphatic rings. The van der Waals surface area contributed by atoms with Gasteiger partial charge in [-0.3, -0.25) is 0 Å². The zero-order valence-electron chi connectivity index (χ0n) is 26.5. The Labute approximate surface area is 256 Å². The van der Waals surface area contributed by atoms with Crippen molar-refractivity contribution in [2.75, 3.05) is 79.3 Å². The van der Waals surface area contributed by atoms with Gasteiger partial charge in [0.25, 0.3) is 0 Å². The summed E-state index contributed by atoms with van der Waals surface area (Å²) in [7, 11) is 0. The average Bonchev–Trinajstić information content (AvgIpc) is 3.00. The highest BCUT2D eigenvalue weighted by molar-refractivity contribution is 5.21. The second-order valence-corrected chi connectivity index (χ2v) is 9.03. The molecule has 0 aromatic heterocycles. The van der Waals surface area contributed by atoms with E-state index in [0.29, 0.717) is 72.7 Å². The Balaban J connectivity index is 0. The molecule has 1 aromatic carbocycles. The van der Waals surface area contributed by atoms with Gasteiger partial charge in [0, 0.05) is 46.2 Å². The van der Waals surface area contributed by atoms with Crippen molar-refractivity contribution in [3.63, 3.8) is 0 Å². The summed E-state index contributed by atoms with van der Waals surface area (Å²) in [5, 5.41) is 0. The molecule has 1 rings (SSSR count). The highest BCUT2D eigenvalue weighted by atomic mass is 16.5. The van der Waals surface area contributed by atoms with Gasteiger partial charge in [0.2, 0.25) is 0 Å². The second-order valence-electron chi connectivity index (χ2n) is 9.03. The zero-order chi connectivity index (χ0) is 31.4. The van der Waals surface area contributed by atoms with Crippen LogP contribution in [-0.4, -0.2) is 79.3 Å². The number of rotatable bonds is 27. The summed E-state index contributed by atoms with van der Waals surface area (Å²) in [4.78, 5) is 0. The van der Waals surface area contributed by atoms with E-state index >= 15 is 0 Å². The first-order chi connectivity index (χ1) is 20.5. The van der Waals surface area contributed by atoms with E-state index in [1.165, 1.54) is 11.1 Å². The van der Waals surface area contributed by atoms with Crippen LogP contribution >= 0.6 is 0 Å². The van der Waals surface area contributed by atoms with E-state index in [1.54, 1.807) is 24.3 Å². The number of hydrogen-bond donors (Lipinski definition) is 0. The van der Waals surface area contributed by atoms with Crippen LogP contribution in [0.25, 0.3) is 0 Å². The summed E-state index contributed by atoms with van der Waals surface area (Å²) in [6.07, 6.45) is 9.72. The van der Waals surface area contributed by atoms with Gasteiger partial charge in [-0.15, -0.1) is 26.3 Å². The molecular formula is C35H58O7. The first-order valence-electron chi connectivity index (χ1n) is 14.8. The van der Waals surface area contributed by atoms with Crippen LogP contribution in [-0.2, 0) is 46.4 Å². The van der Waals surface area contributed by atoms with Crippen LogP contribution in [0, 0.1) is 0 Å². The van der Waals surface area contributed by atoms with Crippen LogP contribution in [0.2, 0.25) is 0 Å². The molecule has 1 aromatic rings. The third-order valence-electron chi connectivity index (χ3n) is 4.79. The monoisotopic (exact) mass is 590 g/mol. The minimum atomic E-state index is 0.603. The zero-order valence-corrected chi connectivity index (χ0v) is 26.5. The van der Waals surface area contributed by atoms with Gasteiger partial charge in [0.1, 0.15) is 0 Å². The van der Waals surface area contributed by atoms with E-state index in [2.05, 4.69) is 57.2 Å². The fourth-order valence-corrected chi connectivity index (χ4v) is 2.85. The molecule has 0 saturated heterocycles. The number of benzene rings is 1. The largest absolute Gasteiger partial charge is 0.378 e. The van der Waals surface area contributed by atoms with E-state index in [0.717, 1.165) is 44.7 Å². The minimum absolute atomic E-state index is 0.603. The molecule has 7 nitrogen and oxygen atoms in total. The van der Waals surface area contributed by atoms with Gasteiger partial charge in [0.05, 0.1) is 46.2 Å². The molecule has 0 aliphatic heterocycles. The van der Waals surface area contributed by atoms with E-state index in [4.69, 9.17) is 33.2 Å². The van der Waals surface area contributed by atoms with Gasteiger partial charge in [-0.05, 0) is 44.2 Å². The normalized spacial score (nSPS) is 10.0. The van der Waals surface area contributed by atoms with Crippen molar-refractivity contribution in [1.82, 2.24) is 0 Å². The van der Waals surface area contributed by atoms with Crippen LogP contribution in [0.3, 0.4) is 0 Å². The Bertz CT molecular complexity index is 705. The summed E-state index contributed by atoms with van der Waals surface area (Å²) in [5.74, 6) is 0. The summed E-state index contributed by atoms with van der Waals surface area (Å²) >= 11 is 0. The van der Waals surface area contributed by atoms with Crippen LogP contribution in [0.5, 0.6) is 0 Å². The average molecular weight is 591 g/mol. The maximum atomic E-state index is 5.63. The maximum Gasteiger partial charge on any atom is 0.0716 e. The quantitative estimate of drug-likeness (QED) is 0.0788. The molecule has 0 fully saturated rings. The molecule has 42 heavy (non-hydrogen) atoms. The summed E-state index contributed by atoms with van der Waals surface area (Å²) in [5.41, 5.74) is 3.40. The third kappa shape index (κ3) is 35.7. The van der Waals surface area contributed by atoms with Gasteiger partial charge in [-0.1, -0.05) is 60.7 Å². The minimum Gasteiger partial charge on any atom is -0.378 e. The smallest absolute Gasteiger partial charge is 0.0716 e. The van der Waals surface area contributed by atoms with Gasteiger partial charge in [-0.25, -0.2) is 0 Å². The predicted molar refractivity (Wildman–Crippen MR) is 175 cm³/mol. The van der Waals surface area contributed by atoms with Gasteiger partial charge in [-0.2, -0.15) is 0 Å². The number of hydrogen-bond acceptors (Lipinski definition) is 7. The molecule has 0 unspecified atom stereocenters. The summed E-state index contributed by atoms with van der Waals surface area (Å²) in [6, 6.07) is 8.33. The first kappa shape index (κ1) is 41.8. The topological polar surface area (TPSA) is 64.6 Å². The standard InChI is InChI=1S/C20H30O4.C10H18O2.C5H10O/c1-3-11-21-13-5-15-23-17-19-7-9-20(10-8-19)18-24-16-6-14-22-12-4-2;1-4-6-11-7-5-8-12-9-10(2)3;1-3-5-6-4-2/h3-4,7-10H,1-2,5-6,11-18H2;4H,1-2,5-9H2,3H3;3H,1,4-5H2,2H3. The summed E-state index contributed by atoms with van der Waals surface area (Å²) < 4.78 is 37.2. The lowest BCUT2D eigenvalue weighted by atomic mass is 10.1. The molecule has 0 heterocycles. The van der Waals surface area contributed by atoms with Crippen molar-refractivity contribution in [2.45, 2.75) is 46.3 Å². The van der Waals surface area contributed by atoms with Crippen molar-refractivity contribution >= 4 is 0 Å². The van der Waals surface area contributed by atoms with Crippen LogP contribution in [0.1, 0.15) is 44.2 Å². The Morgan fingerprint density at radius 1 is 0.548 bits per heavy atom. The van der Waals surface area contributed by atoms with Gasteiger partial charge >= 0.3 is 0 Å². The van der Waals surface area contributed by atoms with Crippen molar-refractivity contribution in [3.05, 3.63) is 98.2 Å². The van der Waals surface area contributed by atoms with Gasteiger partial charge in [0.15, 0.2) is 0 Å². The molecular weight excluding hydrogens is 532 g/mol. The molecule has 0 atom stereocenters. The van der Waals surface area contributed by atoms with E-state index in [-0.39, 0.29) is 0 Å². The van der Waals surface area contributed by atoms with Crippen molar-refractivity contribution in [2.24, 2.45) is 0 Å².